The molecule has 4 rings (SSSR count). The van der Waals surface area contributed by atoms with Crippen LogP contribution in [0.4, 0.5) is 4.39 Å². The number of aliphatic hydroxyl groups is 2. The normalized spacial score (nSPS) is 12.1. The molecule has 0 radical (unpaired) electrons. The molecule has 1 aliphatic heterocycles. The Hall–Kier alpha value is -2.81. The van der Waals surface area contributed by atoms with E-state index in [0.29, 0.717) is 12.4 Å². The minimum Gasteiger partial charge on any atom is -0.490 e. The summed E-state index contributed by atoms with van der Waals surface area (Å²) in [5.41, 5.74) is 6.44. The number of nitrogens with one attached hydrogen (secondary N) is 1. The Kier molecular flexibility index (Phi) is 15.1. The van der Waals surface area contributed by atoms with Crippen molar-refractivity contribution < 1.29 is 28.9 Å². The van der Waals surface area contributed by atoms with Crippen molar-refractivity contribution in [2.45, 2.75) is 92.6 Å². The van der Waals surface area contributed by atoms with Crippen LogP contribution >= 0.6 is 0 Å². The van der Waals surface area contributed by atoms with E-state index in [0.717, 1.165) is 88.6 Å². The maximum Gasteiger partial charge on any atom is 0.165 e. The summed E-state index contributed by atoms with van der Waals surface area (Å²) in [5.74, 6) is 0.00361. The number of fused-ring (bicyclic) bond motifs is 2. The number of aromatic nitrogens is 2. The van der Waals surface area contributed by atoms with Gasteiger partial charge in [0.25, 0.3) is 0 Å². The van der Waals surface area contributed by atoms with Crippen molar-refractivity contribution in [2.75, 3.05) is 27.4 Å². The maximum atomic E-state index is 15.0. The van der Waals surface area contributed by atoms with Gasteiger partial charge in [-0.15, -0.1) is 0 Å². The fraction of sp³-hybridized carbons (Fsp3) is 0.562. The molecule has 8 heteroatoms. The van der Waals surface area contributed by atoms with Crippen LogP contribution in [0.5, 0.6) is 5.75 Å². The number of benzene rings is 1. The van der Waals surface area contributed by atoms with Crippen LogP contribution in [-0.4, -0.2) is 59.5 Å². The van der Waals surface area contributed by atoms with Gasteiger partial charge in [0.05, 0.1) is 12.2 Å². The summed E-state index contributed by atoms with van der Waals surface area (Å²) in [6, 6.07) is 3.59. The number of carbonyl (C=O) groups excluding carboxylic acids is 1. The largest absolute Gasteiger partial charge is 0.490 e. The number of nitrogens with zero attached hydrogens (tertiary/aromatic N) is 1. The predicted molar refractivity (Wildman–Crippen MR) is 161 cm³/mol. The van der Waals surface area contributed by atoms with Gasteiger partial charge in [0.15, 0.2) is 11.6 Å². The van der Waals surface area contributed by atoms with Gasteiger partial charge in [-0.3, -0.25) is 0 Å². The highest BCUT2D eigenvalue weighted by atomic mass is 19.1. The van der Waals surface area contributed by atoms with E-state index in [1.54, 1.807) is 41.1 Å². The number of rotatable bonds is 7. The molecule has 0 atom stereocenters. The van der Waals surface area contributed by atoms with Crippen LogP contribution in [0.15, 0.2) is 12.1 Å². The summed E-state index contributed by atoms with van der Waals surface area (Å²) in [6.45, 7) is 13.8. The number of aldehydes is 1. The van der Waals surface area contributed by atoms with E-state index in [2.05, 4.69) is 20.8 Å². The number of aliphatic hydroxyl groups excluding tert-OH is 1. The Morgan fingerprint density at radius 1 is 1.18 bits per heavy atom. The fourth-order valence-electron chi connectivity index (χ4n) is 4.48. The molecule has 0 fully saturated rings. The van der Waals surface area contributed by atoms with Crippen molar-refractivity contribution in [3.8, 4) is 16.9 Å². The molecule has 40 heavy (non-hydrogen) atoms. The first-order valence-corrected chi connectivity index (χ1v) is 14.1. The smallest absolute Gasteiger partial charge is 0.165 e. The lowest BCUT2D eigenvalue weighted by Crippen LogP contribution is -2.12. The van der Waals surface area contributed by atoms with Gasteiger partial charge in [-0.2, -0.15) is 0 Å². The number of unbranched alkanes of at least 4 members (excludes halogenated alkanes) is 1. The van der Waals surface area contributed by atoms with E-state index in [9.17, 15) is 9.18 Å². The zero-order valence-electron chi connectivity index (χ0n) is 25.8. The van der Waals surface area contributed by atoms with Crippen LogP contribution in [0.1, 0.15) is 82.0 Å². The van der Waals surface area contributed by atoms with E-state index >= 15 is 0 Å². The number of methoxy groups -OCH3 is 1. The van der Waals surface area contributed by atoms with Crippen molar-refractivity contribution in [1.29, 1.82) is 0 Å². The Labute approximate surface area is 239 Å². The van der Waals surface area contributed by atoms with E-state index in [1.165, 1.54) is 0 Å². The van der Waals surface area contributed by atoms with Crippen molar-refractivity contribution in [2.24, 2.45) is 0 Å². The van der Waals surface area contributed by atoms with Gasteiger partial charge in [0, 0.05) is 49.6 Å². The van der Waals surface area contributed by atoms with Gasteiger partial charge in [0.1, 0.15) is 11.9 Å². The van der Waals surface area contributed by atoms with Crippen LogP contribution < -0.4 is 4.74 Å². The number of ether oxygens (including phenoxy) is 2. The number of carbonyl (C=O) groups is 1. The fourth-order valence-corrected chi connectivity index (χ4v) is 4.48. The number of pyridine rings is 1. The molecule has 2 aromatic heterocycles. The number of aromatic amines is 1. The lowest BCUT2D eigenvalue weighted by molar-refractivity contribution is -0.107. The third-order valence-electron chi connectivity index (χ3n) is 5.99. The highest BCUT2D eigenvalue weighted by Crippen LogP contribution is 2.41. The molecule has 224 valence electrons. The van der Waals surface area contributed by atoms with Crippen LogP contribution in [0.2, 0.25) is 0 Å². The number of hydrogen-bond acceptors (Lipinski definition) is 6. The topological polar surface area (TPSA) is 105 Å². The van der Waals surface area contributed by atoms with Gasteiger partial charge >= 0.3 is 0 Å². The lowest BCUT2D eigenvalue weighted by Gasteiger charge is -2.23. The summed E-state index contributed by atoms with van der Waals surface area (Å²) in [6.07, 6.45) is 5.14. The maximum absolute atomic E-state index is 15.0. The molecule has 0 unspecified atom stereocenters. The summed E-state index contributed by atoms with van der Waals surface area (Å²) in [7, 11) is 3.25. The van der Waals surface area contributed by atoms with E-state index in [1.807, 2.05) is 27.7 Å². The predicted octanol–water partition coefficient (Wildman–Crippen LogP) is 6.43. The second kappa shape index (κ2) is 17.1. The zero-order chi connectivity index (χ0) is 30.5. The Bertz CT molecular complexity index is 1210. The molecule has 3 heterocycles. The summed E-state index contributed by atoms with van der Waals surface area (Å²) >= 11 is 0. The van der Waals surface area contributed by atoms with Crippen LogP contribution in [0.3, 0.4) is 0 Å². The number of aryl methyl sites for hydroxylation is 2. The Morgan fingerprint density at radius 2 is 1.80 bits per heavy atom. The molecule has 0 amide bonds. The SMILES string of the molecule is CC.CC(C)(C)O.COC.Cc1nc2[nH]c(CCCCO)cc2c(-c2cc(F)c3c(c2C)CCCO3)c1CC=O. The number of hydrogen-bond donors (Lipinski definition) is 3. The first-order chi connectivity index (χ1) is 19.0. The molecule has 0 bridgehead atoms. The van der Waals surface area contributed by atoms with E-state index < -0.39 is 5.60 Å². The van der Waals surface area contributed by atoms with E-state index in [4.69, 9.17) is 14.9 Å². The second-order valence-electron chi connectivity index (χ2n) is 10.5. The summed E-state index contributed by atoms with van der Waals surface area (Å²) < 4.78 is 24.8. The molecule has 0 spiro atoms. The molecular weight excluding hydrogens is 511 g/mol. The first-order valence-electron chi connectivity index (χ1n) is 14.1. The Balaban J connectivity index is 0.000000699. The van der Waals surface area contributed by atoms with Crippen molar-refractivity contribution in [1.82, 2.24) is 9.97 Å². The minimum atomic E-state index is -0.500. The van der Waals surface area contributed by atoms with Gasteiger partial charge in [-0.25, -0.2) is 9.37 Å². The average Bonchev–Trinajstić information content (AvgIpc) is 3.30. The molecular formula is C32H49FN2O5. The molecule has 0 saturated heterocycles. The third kappa shape index (κ3) is 9.98. The molecule has 3 N–H and O–H groups in total. The zero-order valence-corrected chi connectivity index (χ0v) is 25.8. The number of halogens is 1. The van der Waals surface area contributed by atoms with Crippen molar-refractivity contribution in [3.05, 3.63) is 46.0 Å². The van der Waals surface area contributed by atoms with Crippen LogP contribution in [0.25, 0.3) is 22.2 Å². The van der Waals surface area contributed by atoms with Gasteiger partial charge in [0.2, 0.25) is 0 Å². The quantitative estimate of drug-likeness (QED) is 0.227. The van der Waals surface area contributed by atoms with Crippen LogP contribution in [-0.2, 0) is 28.8 Å². The van der Waals surface area contributed by atoms with Gasteiger partial charge < -0.3 is 29.5 Å². The molecule has 0 aliphatic carbocycles. The summed E-state index contributed by atoms with van der Waals surface area (Å²) in [4.78, 5) is 19.5. The molecule has 1 aromatic carbocycles. The third-order valence-corrected chi connectivity index (χ3v) is 5.99. The standard InChI is InChI=1S/C24H27FN2O3.C4H10O.C2H6O.C2H6/c1-14-17-7-5-11-30-23(17)21(25)13-19(14)22-18(8-10-29)15(2)26-24-20(22)12-16(27-24)6-3-4-9-28;1-4(2,3)5;1-3-2;1-2/h10,12-13,28H,3-9,11H2,1-2H3,(H,26,27);5H,1-3H3;1-2H3;1-2H3. The Morgan fingerprint density at radius 3 is 2.38 bits per heavy atom. The van der Waals surface area contributed by atoms with Crippen LogP contribution in [0, 0.1) is 19.7 Å². The number of H-pyrrole nitrogens is 1. The van der Waals surface area contributed by atoms with Crippen molar-refractivity contribution in [3.63, 3.8) is 0 Å². The highest BCUT2D eigenvalue weighted by Gasteiger charge is 2.24. The van der Waals surface area contributed by atoms with Gasteiger partial charge in [-0.05, 0) is 101 Å². The second-order valence-corrected chi connectivity index (χ2v) is 10.5. The molecule has 3 aromatic rings. The highest BCUT2D eigenvalue weighted by molar-refractivity contribution is 5.98. The van der Waals surface area contributed by atoms with Gasteiger partial charge in [-0.1, -0.05) is 13.8 Å². The summed E-state index contributed by atoms with van der Waals surface area (Å²) in [5, 5.41) is 18.5. The minimum absolute atomic E-state index is 0.169. The lowest BCUT2D eigenvalue weighted by atomic mass is 9.87. The monoisotopic (exact) mass is 560 g/mol. The first kappa shape index (κ1) is 35.2. The molecule has 0 saturated carbocycles. The molecule has 1 aliphatic rings. The average molecular weight is 561 g/mol. The molecule has 7 nitrogen and oxygen atoms in total. The van der Waals surface area contributed by atoms with E-state index in [-0.39, 0.29) is 18.8 Å². The van der Waals surface area contributed by atoms with Crippen molar-refractivity contribution >= 4 is 17.3 Å².